The molecule has 10 heavy (non-hydrogen) atoms. The summed E-state index contributed by atoms with van der Waals surface area (Å²) in [5.74, 6) is 0. The fourth-order valence-electron chi connectivity index (χ4n) is 1.02. The third-order valence-electron chi connectivity index (χ3n) is 1.53. The lowest BCUT2D eigenvalue weighted by Crippen LogP contribution is -1.69. The first-order valence-corrected chi connectivity index (χ1v) is 3.27. The van der Waals surface area contributed by atoms with Crippen molar-refractivity contribution in [1.82, 2.24) is 0 Å². The van der Waals surface area contributed by atoms with Gasteiger partial charge in [-0.2, -0.15) is 0 Å². The molecule has 0 aliphatic heterocycles. The Morgan fingerprint density at radius 2 is 2.50 bits per heavy atom. The molecule has 0 atom stereocenters. The van der Waals surface area contributed by atoms with Crippen molar-refractivity contribution in [2.75, 3.05) is 0 Å². The second-order valence-electron chi connectivity index (χ2n) is 2.21. The normalized spacial score (nSPS) is 15.8. The maximum atomic E-state index is 4.93. The van der Waals surface area contributed by atoms with Crippen molar-refractivity contribution in [1.29, 1.82) is 0 Å². The summed E-state index contributed by atoms with van der Waals surface area (Å²) >= 11 is 0. The summed E-state index contributed by atoms with van der Waals surface area (Å²) in [7, 11) is 0. The van der Waals surface area contributed by atoms with Crippen LogP contribution in [0.1, 0.15) is 12.0 Å². The van der Waals surface area contributed by atoms with Gasteiger partial charge in [-0.3, -0.25) is 0 Å². The third kappa shape index (κ3) is 0.798. The Labute approximate surface area is 59.7 Å². The molecule has 0 saturated heterocycles. The zero-order valence-corrected chi connectivity index (χ0v) is 5.50. The zero-order valence-electron chi connectivity index (χ0n) is 5.50. The first-order valence-electron chi connectivity index (χ1n) is 3.27. The quantitative estimate of drug-likeness (QED) is 0.570. The number of hydrogen-bond donors (Lipinski definition) is 0. The predicted molar refractivity (Wildman–Crippen MR) is 39.1 cm³/mol. The van der Waals surface area contributed by atoms with Gasteiger partial charge in [0.15, 0.2) is 0 Å². The minimum atomic E-state index is 0.931. The Kier molecular flexibility index (Phi) is 1.21. The van der Waals surface area contributed by atoms with E-state index in [-0.39, 0.29) is 0 Å². The second kappa shape index (κ2) is 2.18. The van der Waals surface area contributed by atoms with Gasteiger partial charge in [-0.05, 0) is 24.1 Å². The molecule has 0 N–H and O–H groups in total. The highest BCUT2D eigenvalue weighted by Gasteiger charge is 2.01. The van der Waals surface area contributed by atoms with Gasteiger partial charge in [0.2, 0.25) is 0 Å². The van der Waals surface area contributed by atoms with Gasteiger partial charge in [0.25, 0.3) is 0 Å². The van der Waals surface area contributed by atoms with Crippen molar-refractivity contribution in [2.24, 2.45) is 0 Å². The minimum absolute atomic E-state index is 0.931. The van der Waals surface area contributed by atoms with Crippen LogP contribution in [0.3, 0.4) is 0 Å². The van der Waals surface area contributed by atoms with E-state index in [1.54, 1.807) is 12.5 Å². The van der Waals surface area contributed by atoms with Crippen LogP contribution in [0.5, 0.6) is 0 Å². The standard InChI is InChI=1S/C9H7O/c1-2-4-8(3-1)9-5-6-10-7-9/h1,3,5-7H,2H2. The molecular formula is C9H7O. The van der Waals surface area contributed by atoms with Crippen LogP contribution in [0.25, 0.3) is 5.57 Å². The highest BCUT2D eigenvalue weighted by atomic mass is 16.3. The van der Waals surface area contributed by atoms with Gasteiger partial charge in [-0.1, -0.05) is 12.2 Å². The summed E-state index contributed by atoms with van der Waals surface area (Å²) in [6.07, 6.45) is 11.7. The average molecular weight is 131 g/mol. The SMILES string of the molecule is [C]1=C(c2ccoc2)C=CC1. The molecule has 1 aromatic rings. The van der Waals surface area contributed by atoms with Crippen LogP contribution in [-0.2, 0) is 0 Å². The van der Waals surface area contributed by atoms with E-state index in [2.05, 4.69) is 18.2 Å². The van der Waals surface area contributed by atoms with Gasteiger partial charge in [-0.15, -0.1) is 0 Å². The molecule has 0 saturated carbocycles. The molecule has 1 aliphatic rings. The van der Waals surface area contributed by atoms with E-state index in [0.717, 1.165) is 17.6 Å². The van der Waals surface area contributed by atoms with Crippen LogP contribution in [0.15, 0.2) is 35.2 Å². The first kappa shape index (κ1) is 5.54. The molecule has 1 radical (unpaired) electrons. The van der Waals surface area contributed by atoms with E-state index in [0.29, 0.717) is 0 Å². The molecule has 49 valence electrons. The van der Waals surface area contributed by atoms with Crippen LogP contribution in [0.4, 0.5) is 0 Å². The molecule has 0 aromatic carbocycles. The molecule has 0 unspecified atom stereocenters. The van der Waals surface area contributed by atoms with E-state index < -0.39 is 0 Å². The maximum Gasteiger partial charge on any atom is 0.0981 e. The number of allylic oxidation sites excluding steroid dienone is 4. The molecule has 0 fully saturated rings. The molecule has 1 aromatic heterocycles. The van der Waals surface area contributed by atoms with Crippen LogP contribution in [0, 0.1) is 6.08 Å². The fourth-order valence-corrected chi connectivity index (χ4v) is 1.02. The summed E-state index contributed by atoms with van der Waals surface area (Å²) in [6.45, 7) is 0. The van der Waals surface area contributed by atoms with E-state index in [1.807, 2.05) is 6.07 Å². The van der Waals surface area contributed by atoms with E-state index in [9.17, 15) is 0 Å². The molecule has 0 bridgehead atoms. The Bertz CT molecular complexity index is 265. The third-order valence-corrected chi connectivity index (χ3v) is 1.53. The predicted octanol–water partition coefficient (Wildman–Crippen LogP) is 2.43. The number of furan rings is 1. The summed E-state index contributed by atoms with van der Waals surface area (Å²) in [6, 6.07) is 1.94. The molecule has 1 nitrogen and oxygen atoms in total. The van der Waals surface area contributed by atoms with E-state index in [1.165, 1.54) is 0 Å². The lowest BCUT2D eigenvalue weighted by Gasteiger charge is -1.88. The van der Waals surface area contributed by atoms with Crippen LogP contribution >= 0.6 is 0 Å². The molecule has 1 heterocycles. The first-order chi connectivity index (χ1) is 4.97. The number of rotatable bonds is 1. The Balaban J connectivity index is 2.36. The van der Waals surface area contributed by atoms with Crippen molar-refractivity contribution < 1.29 is 4.42 Å². The molecule has 2 rings (SSSR count). The van der Waals surface area contributed by atoms with E-state index in [4.69, 9.17) is 4.42 Å². The molecule has 1 aliphatic carbocycles. The van der Waals surface area contributed by atoms with Crippen LogP contribution in [-0.4, -0.2) is 0 Å². The summed E-state index contributed by atoms with van der Waals surface area (Å²) < 4.78 is 4.93. The lowest BCUT2D eigenvalue weighted by molar-refractivity contribution is 0.566. The molecule has 0 spiro atoms. The fraction of sp³-hybridized carbons (Fsp3) is 0.111. The molecule has 0 amide bonds. The van der Waals surface area contributed by atoms with E-state index >= 15 is 0 Å². The Hall–Kier alpha value is -1.24. The Morgan fingerprint density at radius 3 is 3.10 bits per heavy atom. The van der Waals surface area contributed by atoms with Gasteiger partial charge in [0, 0.05) is 5.56 Å². The van der Waals surface area contributed by atoms with Gasteiger partial charge >= 0.3 is 0 Å². The smallest absolute Gasteiger partial charge is 0.0981 e. The van der Waals surface area contributed by atoms with Crippen molar-refractivity contribution >= 4 is 5.57 Å². The lowest BCUT2D eigenvalue weighted by atomic mass is 10.1. The van der Waals surface area contributed by atoms with Crippen molar-refractivity contribution in [3.63, 3.8) is 0 Å². The summed E-state index contributed by atoms with van der Waals surface area (Å²) in [5, 5.41) is 0. The topological polar surface area (TPSA) is 13.1 Å². The van der Waals surface area contributed by atoms with Crippen LogP contribution < -0.4 is 0 Å². The van der Waals surface area contributed by atoms with Gasteiger partial charge in [0.05, 0.1) is 12.5 Å². The highest BCUT2D eigenvalue weighted by molar-refractivity contribution is 5.73. The van der Waals surface area contributed by atoms with Crippen molar-refractivity contribution in [2.45, 2.75) is 6.42 Å². The van der Waals surface area contributed by atoms with Gasteiger partial charge in [-0.25, -0.2) is 0 Å². The minimum Gasteiger partial charge on any atom is -0.472 e. The van der Waals surface area contributed by atoms with Gasteiger partial charge in [0.1, 0.15) is 0 Å². The summed E-state index contributed by atoms with van der Waals surface area (Å²) in [5.41, 5.74) is 2.27. The molecule has 1 heteroatoms. The van der Waals surface area contributed by atoms with Crippen LogP contribution in [0.2, 0.25) is 0 Å². The molecular weight excluding hydrogens is 124 g/mol. The summed E-state index contributed by atoms with van der Waals surface area (Å²) in [4.78, 5) is 0. The van der Waals surface area contributed by atoms with Gasteiger partial charge < -0.3 is 4.42 Å². The average Bonchev–Trinajstić information content (AvgIpc) is 2.59. The monoisotopic (exact) mass is 131 g/mol. The van der Waals surface area contributed by atoms with Crippen molar-refractivity contribution in [3.05, 3.63) is 42.4 Å². The Morgan fingerprint density at radius 1 is 1.50 bits per heavy atom. The number of hydrogen-bond acceptors (Lipinski definition) is 1. The van der Waals surface area contributed by atoms with Crippen molar-refractivity contribution in [3.8, 4) is 0 Å². The second-order valence-corrected chi connectivity index (χ2v) is 2.21. The highest BCUT2D eigenvalue weighted by Crippen LogP contribution is 2.20. The maximum absolute atomic E-state index is 4.93. The zero-order chi connectivity index (χ0) is 6.81. The largest absolute Gasteiger partial charge is 0.472 e.